The molecule has 0 atom stereocenters. The van der Waals surface area contributed by atoms with Crippen LogP contribution in [0.15, 0.2) is 0 Å². The van der Waals surface area contributed by atoms with Crippen LogP contribution in [0.5, 0.6) is 0 Å². The summed E-state index contributed by atoms with van der Waals surface area (Å²) in [6.45, 7) is 3.58. The largest absolute Gasteiger partial charge is 0.382 e. The summed E-state index contributed by atoms with van der Waals surface area (Å²) in [5.41, 5.74) is -1.06. The Morgan fingerprint density at radius 1 is 1.50 bits per heavy atom. The molecular formula is C6H12O2. The summed E-state index contributed by atoms with van der Waals surface area (Å²) in [5.74, 6) is 0. The lowest BCUT2D eigenvalue weighted by molar-refractivity contribution is -0.124. The van der Waals surface area contributed by atoms with E-state index in [9.17, 15) is 4.79 Å². The summed E-state index contributed by atoms with van der Waals surface area (Å²) in [6.07, 6.45) is 1.62. The molecule has 0 radical (unpaired) electrons. The number of hydrogen-bond acceptors (Lipinski definition) is 2. The fourth-order valence-electron chi connectivity index (χ4n) is 0.417. The summed E-state index contributed by atoms with van der Waals surface area (Å²) in [7, 11) is 0. The first-order valence-corrected chi connectivity index (χ1v) is 2.87. The van der Waals surface area contributed by atoms with Crippen molar-refractivity contribution < 1.29 is 9.90 Å². The third kappa shape index (κ3) is 1.62. The second-order valence-electron chi connectivity index (χ2n) is 1.93. The monoisotopic (exact) mass is 116 g/mol. The molecule has 0 heterocycles. The summed E-state index contributed by atoms with van der Waals surface area (Å²) < 4.78 is 0. The van der Waals surface area contributed by atoms with Crippen LogP contribution in [0.1, 0.15) is 26.7 Å². The number of aldehydes is 1. The van der Waals surface area contributed by atoms with E-state index < -0.39 is 5.60 Å². The predicted octanol–water partition coefficient (Wildman–Crippen LogP) is 0.736. The molecule has 0 aromatic carbocycles. The van der Waals surface area contributed by atoms with Crippen LogP contribution >= 0.6 is 0 Å². The molecule has 0 saturated heterocycles. The zero-order chi connectivity index (χ0) is 6.62. The van der Waals surface area contributed by atoms with Crippen molar-refractivity contribution >= 4 is 6.29 Å². The third-order valence-corrected chi connectivity index (χ3v) is 1.44. The van der Waals surface area contributed by atoms with Gasteiger partial charge in [-0.3, -0.25) is 0 Å². The van der Waals surface area contributed by atoms with Gasteiger partial charge in [-0.1, -0.05) is 13.8 Å². The van der Waals surface area contributed by atoms with Crippen LogP contribution in [0.25, 0.3) is 0 Å². The van der Waals surface area contributed by atoms with E-state index in [4.69, 9.17) is 5.11 Å². The van der Waals surface area contributed by atoms with Gasteiger partial charge in [-0.2, -0.15) is 0 Å². The first-order chi connectivity index (χ1) is 3.68. The number of carbonyl (C=O) groups is 1. The molecule has 8 heavy (non-hydrogen) atoms. The van der Waals surface area contributed by atoms with Crippen LogP contribution in [0.4, 0.5) is 0 Å². The minimum Gasteiger partial charge on any atom is -0.382 e. The Labute approximate surface area is 49.5 Å². The average Bonchev–Trinajstić information content (AvgIpc) is 1.87. The summed E-state index contributed by atoms with van der Waals surface area (Å²) in [6, 6.07) is 0. The molecule has 0 saturated carbocycles. The lowest BCUT2D eigenvalue weighted by atomic mass is 10.0. The highest BCUT2D eigenvalue weighted by molar-refractivity contribution is 5.61. The predicted molar refractivity (Wildman–Crippen MR) is 31.6 cm³/mol. The molecule has 0 rings (SSSR count). The molecule has 0 unspecified atom stereocenters. The zero-order valence-electron chi connectivity index (χ0n) is 5.35. The summed E-state index contributed by atoms with van der Waals surface area (Å²) >= 11 is 0. The highest BCUT2D eigenvalue weighted by atomic mass is 16.3. The van der Waals surface area contributed by atoms with Gasteiger partial charge in [0.15, 0.2) is 6.29 Å². The zero-order valence-corrected chi connectivity index (χ0v) is 5.35. The highest BCUT2D eigenvalue weighted by Gasteiger charge is 2.19. The molecule has 2 heteroatoms. The Bertz CT molecular complexity index is 74.6. The molecule has 0 aliphatic heterocycles. The van der Waals surface area contributed by atoms with Crippen molar-refractivity contribution in [3.05, 3.63) is 0 Å². The Kier molecular flexibility index (Phi) is 2.69. The van der Waals surface area contributed by atoms with Crippen molar-refractivity contribution in [2.45, 2.75) is 32.3 Å². The van der Waals surface area contributed by atoms with E-state index in [0.717, 1.165) is 0 Å². The molecule has 0 aliphatic carbocycles. The second-order valence-corrected chi connectivity index (χ2v) is 1.93. The average molecular weight is 116 g/mol. The number of hydrogen-bond donors (Lipinski definition) is 1. The van der Waals surface area contributed by atoms with Gasteiger partial charge in [-0.05, 0) is 12.8 Å². The maximum Gasteiger partial charge on any atom is 0.151 e. The molecule has 0 aromatic heterocycles. The minimum atomic E-state index is -1.06. The topological polar surface area (TPSA) is 37.3 Å². The van der Waals surface area contributed by atoms with Crippen LogP contribution in [0, 0.1) is 0 Å². The van der Waals surface area contributed by atoms with Gasteiger partial charge in [-0.25, -0.2) is 0 Å². The molecule has 48 valence electrons. The molecule has 1 N–H and O–H groups in total. The highest BCUT2D eigenvalue weighted by Crippen LogP contribution is 2.09. The van der Waals surface area contributed by atoms with Crippen LogP contribution in [-0.4, -0.2) is 17.0 Å². The fourth-order valence-corrected chi connectivity index (χ4v) is 0.417. The van der Waals surface area contributed by atoms with E-state index in [-0.39, 0.29) is 0 Å². The van der Waals surface area contributed by atoms with Crippen molar-refractivity contribution in [2.24, 2.45) is 0 Å². The Morgan fingerprint density at radius 3 is 1.88 bits per heavy atom. The molecular weight excluding hydrogens is 104 g/mol. The third-order valence-electron chi connectivity index (χ3n) is 1.44. The Hall–Kier alpha value is -0.370. The van der Waals surface area contributed by atoms with Gasteiger partial charge < -0.3 is 9.90 Å². The molecule has 0 fully saturated rings. The van der Waals surface area contributed by atoms with E-state index in [2.05, 4.69) is 0 Å². The van der Waals surface area contributed by atoms with Crippen LogP contribution in [0.3, 0.4) is 0 Å². The van der Waals surface area contributed by atoms with Gasteiger partial charge in [0.05, 0.1) is 0 Å². The van der Waals surface area contributed by atoms with Gasteiger partial charge in [0.2, 0.25) is 0 Å². The molecule has 0 aromatic rings. The first-order valence-electron chi connectivity index (χ1n) is 2.87. The van der Waals surface area contributed by atoms with E-state index in [1.807, 2.05) is 0 Å². The molecule has 0 aliphatic rings. The van der Waals surface area contributed by atoms with Crippen molar-refractivity contribution in [1.29, 1.82) is 0 Å². The van der Waals surface area contributed by atoms with Gasteiger partial charge >= 0.3 is 0 Å². The van der Waals surface area contributed by atoms with E-state index in [1.165, 1.54) is 0 Å². The van der Waals surface area contributed by atoms with Crippen LogP contribution in [0.2, 0.25) is 0 Å². The molecule has 0 amide bonds. The molecule has 0 bridgehead atoms. The van der Waals surface area contributed by atoms with E-state index >= 15 is 0 Å². The fraction of sp³-hybridized carbons (Fsp3) is 0.833. The lowest BCUT2D eigenvalue weighted by Gasteiger charge is -2.15. The smallest absolute Gasteiger partial charge is 0.151 e. The molecule has 0 spiro atoms. The Balaban J connectivity index is 3.76. The second kappa shape index (κ2) is 2.82. The van der Waals surface area contributed by atoms with Crippen LogP contribution in [-0.2, 0) is 4.79 Å². The quantitative estimate of drug-likeness (QED) is 0.552. The first kappa shape index (κ1) is 7.63. The Morgan fingerprint density at radius 2 is 1.88 bits per heavy atom. The van der Waals surface area contributed by atoms with Gasteiger partial charge in [0.1, 0.15) is 5.60 Å². The molecule has 2 nitrogen and oxygen atoms in total. The number of carbonyl (C=O) groups excluding carboxylic acids is 1. The van der Waals surface area contributed by atoms with Crippen molar-refractivity contribution in [1.82, 2.24) is 0 Å². The standard InChI is InChI=1S/C6H12O2/c1-3-6(8,4-2)5-7/h5,8H,3-4H2,1-2H3. The van der Waals surface area contributed by atoms with E-state index in [1.54, 1.807) is 13.8 Å². The van der Waals surface area contributed by atoms with Crippen LogP contribution < -0.4 is 0 Å². The van der Waals surface area contributed by atoms with Gasteiger partial charge in [0, 0.05) is 0 Å². The van der Waals surface area contributed by atoms with Crippen molar-refractivity contribution in [2.75, 3.05) is 0 Å². The lowest BCUT2D eigenvalue weighted by Crippen LogP contribution is -2.27. The summed E-state index contributed by atoms with van der Waals surface area (Å²) in [5, 5.41) is 9.07. The van der Waals surface area contributed by atoms with Crippen molar-refractivity contribution in [3.8, 4) is 0 Å². The SMILES string of the molecule is CCC(O)(C=O)CC. The normalized spacial score (nSPS) is 11.4. The number of rotatable bonds is 3. The number of aliphatic hydroxyl groups is 1. The van der Waals surface area contributed by atoms with Crippen molar-refractivity contribution in [3.63, 3.8) is 0 Å². The van der Waals surface area contributed by atoms with Gasteiger partial charge in [0.25, 0.3) is 0 Å². The van der Waals surface area contributed by atoms with E-state index in [0.29, 0.717) is 19.1 Å². The minimum absolute atomic E-state index is 0.507. The maximum atomic E-state index is 10.0. The summed E-state index contributed by atoms with van der Waals surface area (Å²) in [4.78, 5) is 10.0. The maximum absolute atomic E-state index is 10.0. The van der Waals surface area contributed by atoms with Gasteiger partial charge in [-0.15, -0.1) is 0 Å².